The zero-order valence-corrected chi connectivity index (χ0v) is 16.9. The highest BCUT2D eigenvalue weighted by Crippen LogP contribution is 2.32. The van der Waals surface area contributed by atoms with Gasteiger partial charge in [0.1, 0.15) is 18.0 Å². The van der Waals surface area contributed by atoms with Crippen molar-refractivity contribution in [1.29, 1.82) is 0 Å². The monoisotopic (exact) mass is 409 g/mol. The van der Waals surface area contributed by atoms with Crippen molar-refractivity contribution in [3.05, 3.63) is 44.1 Å². The fourth-order valence-electron chi connectivity index (χ4n) is 2.79. The van der Waals surface area contributed by atoms with Crippen LogP contribution in [0.1, 0.15) is 22.5 Å². The number of hydrogen-bond donors (Lipinski definition) is 0. The SMILES string of the molecule is COC(=O)CN(Cc1ncc(C)c(OC)c1C)c1nc(Cl)nc(C)c1[N+](=O)[O-]. The first-order valence-corrected chi connectivity index (χ1v) is 8.56. The maximum absolute atomic E-state index is 11.9. The average Bonchev–Trinajstić information content (AvgIpc) is 2.62. The molecular formula is C17H20ClN5O5. The Hall–Kier alpha value is -3.01. The molecule has 0 saturated heterocycles. The molecule has 2 aromatic heterocycles. The van der Waals surface area contributed by atoms with Crippen molar-refractivity contribution in [2.75, 3.05) is 25.7 Å². The Morgan fingerprint density at radius 2 is 1.96 bits per heavy atom. The Balaban J connectivity index is 2.60. The molecule has 2 heterocycles. The molecule has 0 aliphatic carbocycles. The largest absolute Gasteiger partial charge is 0.496 e. The molecule has 11 heteroatoms. The number of pyridine rings is 1. The van der Waals surface area contributed by atoms with E-state index in [1.54, 1.807) is 13.3 Å². The van der Waals surface area contributed by atoms with E-state index in [-0.39, 0.29) is 35.6 Å². The summed E-state index contributed by atoms with van der Waals surface area (Å²) in [6.07, 6.45) is 1.63. The zero-order chi connectivity index (χ0) is 21.0. The van der Waals surface area contributed by atoms with Gasteiger partial charge in [0.25, 0.3) is 0 Å². The van der Waals surface area contributed by atoms with E-state index in [1.807, 2.05) is 13.8 Å². The highest BCUT2D eigenvalue weighted by molar-refractivity contribution is 6.28. The summed E-state index contributed by atoms with van der Waals surface area (Å²) in [7, 11) is 2.77. The fourth-order valence-corrected chi connectivity index (χ4v) is 3.00. The molecule has 0 bridgehead atoms. The molecule has 0 spiro atoms. The van der Waals surface area contributed by atoms with Crippen LogP contribution in [0.15, 0.2) is 6.20 Å². The summed E-state index contributed by atoms with van der Waals surface area (Å²) >= 11 is 5.92. The van der Waals surface area contributed by atoms with Crippen molar-refractivity contribution < 1.29 is 19.2 Å². The number of aromatic nitrogens is 3. The molecule has 10 nitrogen and oxygen atoms in total. The van der Waals surface area contributed by atoms with E-state index in [2.05, 4.69) is 15.0 Å². The number of nitrogens with zero attached hydrogens (tertiary/aromatic N) is 5. The quantitative estimate of drug-likeness (QED) is 0.294. The van der Waals surface area contributed by atoms with Gasteiger partial charge in [-0.1, -0.05) is 0 Å². The summed E-state index contributed by atoms with van der Waals surface area (Å²) in [6.45, 7) is 4.88. The number of hydrogen-bond acceptors (Lipinski definition) is 9. The molecule has 0 unspecified atom stereocenters. The van der Waals surface area contributed by atoms with Crippen LogP contribution in [-0.4, -0.2) is 46.6 Å². The van der Waals surface area contributed by atoms with Gasteiger partial charge in [0.15, 0.2) is 0 Å². The van der Waals surface area contributed by atoms with Crippen LogP contribution in [0.25, 0.3) is 0 Å². The summed E-state index contributed by atoms with van der Waals surface area (Å²) in [4.78, 5) is 36.5. The highest BCUT2D eigenvalue weighted by atomic mass is 35.5. The molecule has 0 fully saturated rings. The van der Waals surface area contributed by atoms with Crippen LogP contribution in [-0.2, 0) is 16.1 Å². The number of ether oxygens (including phenoxy) is 2. The van der Waals surface area contributed by atoms with Crippen molar-refractivity contribution in [1.82, 2.24) is 15.0 Å². The lowest BCUT2D eigenvalue weighted by molar-refractivity contribution is -0.385. The van der Waals surface area contributed by atoms with Crippen LogP contribution in [0.4, 0.5) is 11.5 Å². The number of esters is 1. The molecule has 0 aliphatic rings. The van der Waals surface area contributed by atoms with Gasteiger partial charge in [-0.05, 0) is 32.4 Å². The number of carbonyl (C=O) groups is 1. The van der Waals surface area contributed by atoms with Gasteiger partial charge in [-0.25, -0.2) is 4.98 Å². The average molecular weight is 410 g/mol. The van der Waals surface area contributed by atoms with E-state index in [0.717, 1.165) is 11.1 Å². The second kappa shape index (κ2) is 8.79. The second-order valence-electron chi connectivity index (χ2n) is 5.99. The summed E-state index contributed by atoms with van der Waals surface area (Å²) in [5, 5.41) is 11.4. The van der Waals surface area contributed by atoms with Gasteiger partial charge in [0.05, 0.1) is 31.4 Å². The summed E-state index contributed by atoms with van der Waals surface area (Å²) in [5.41, 5.74) is 1.89. The van der Waals surface area contributed by atoms with Gasteiger partial charge < -0.3 is 14.4 Å². The van der Waals surface area contributed by atoms with E-state index in [9.17, 15) is 14.9 Å². The van der Waals surface area contributed by atoms with Crippen LogP contribution in [0.2, 0.25) is 5.28 Å². The first-order chi connectivity index (χ1) is 13.2. The maximum atomic E-state index is 11.9. The molecule has 0 amide bonds. The van der Waals surface area contributed by atoms with Gasteiger partial charge in [0.2, 0.25) is 11.1 Å². The molecule has 0 radical (unpaired) electrons. The minimum absolute atomic E-state index is 0.0468. The fraction of sp³-hybridized carbons (Fsp3) is 0.412. The topological polar surface area (TPSA) is 121 Å². The normalized spacial score (nSPS) is 10.5. The van der Waals surface area contributed by atoms with E-state index in [0.29, 0.717) is 11.4 Å². The lowest BCUT2D eigenvalue weighted by atomic mass is 10.1. The van der Waals surface area contributed by atoms with Crippen molar-refractivity contribution in [3.63, 3.8) is 0 Å². The molecule has 0 N–H and O–H groups in total. The Labute approximate surface area is 166 Å². The predicted octanol–water partition coefficient (Wildman–Crippen LogP) is 2.55. The maximum Gasteiger partial charge on any atom is 0.332 e. The van der Waals surface area contributed by atoms with E-state index >= 15 is 0 Å². The molecule has 0 aliphatic heterocycles. The van der Waals surface area contributed by atoms with Gasteiger partial charge in [-0.2, -0.15) is 4.98 Å². The second-order valence-corrected chi connectivity index (χ2v) is 6.32. The first-order valence-electron chi connectivity index (χ1n) is 8.18. The van der Waals surface area contributed by atoms with Gasteiger partial charge >= 0.3 is 11.7 Å². The summed E-state index contributed by atoms with van der Waals surface area (Å²) in [6, 6.07) is 0. The van der Waals surface area contributed by atoms with Crippen LogP contribution in [0, 0.1) is 30.9 Å². The summed E-state index contributed by atoms with van der Waals surface area (Å²) in [5.74, 6) is -0.0403. The molecule has 0 aromatic carbocycles. The summed E-state index contributed by atoms with van der Waals surface area (Å²) < 4.78 is 10.1. The number of rotatable bonds is 7. The van der Waals surface area contributed by atoms with E-state index < -0.39 is 10.9 Å². The predicted molar refractivity (Wildman–Crippen MR) is 102 cm³/mol. The molecule has 28 heavy (non-hydrogen) atoms. The van der Waals surface area contributed by atoms with Gasteiger partial charge in [-0.15, -0.1) is 0 Å². The van der Waals surface area contributed by atoms with Crippen molar-refractivity contribution in [3.8, 4) is 5.75 Å². The number of methoxy groups -OCH3 is 2. The third-order valence-electron chi connectivity index (χ3n) is 4.13. The lowest BCUT2D eigenvalue weighted by Crippen LogP contribution is -2.32. The van der Waals surface area contributed by atoms with Gasteiger partial charge in [-0.3, -0.25) is 19.9 Å². The standard InChI is InChI=1S/C17H20ClN5O5/c1-9-6-19-12(10(2)15(9)28-5)7-22(8-13(24)27-4)16-14(23(25)26)11(3)20-17(18)21-16/h6H,7-8H2,1-5H3. The third-order valence-corrected chi connectivity index (χ3v) is 4.30. The number of carbonyl (C=O) groups excluding carboxylic acids is 1. The third kappa shape index (κ3) is 4.45. The number of halogens is 1. The minimum atomic E-state index is -0.610. The van der Waals surface area contributed by atoms with E-state index in [1.165, 1.54) is 18.9 Å². The Morgan fingerprint density at radius 3 is 2.54 bits per heavy atom. The Morgan fingerprint density at radius 1 is 1.29 bits per heavy atom. The van der Waals surface area contributed by atoms with Crippen LogP contribution >= 0.6 is 11.6 Å². The van der Waals surface area contributed by atoms with E-state index in [4.69, 9.17) is 21.1 Å². The molecule has 0 saturated carbocycles. The smallest absolute Gasteiger partial charge is 0.332 e. The van der Waals surface area contributed by atoms with Crippen LogP contribution in [0.3, 0.4) is 0 Å². The number of nitro groups is 1. The molecule has 2 rings (SSSR count). The lowest BCUT2D eigenvalue weighted by Gasteiger charge is -2.23. The van der Waals surface area contributed by atoms with Crippen molar-refractivity contribution >= 4 is 29.1 Å². The van der Waals surface area contributed by atoms with Gasteiger partial charge in [0, 0.05) is 17.3 Å². The Bertz CT molecular complexity index is 921. The minimum Gasteiger partial charge on any atom is -0.496 e. The molecule has 150 valence electrons. The van der Waals surface area contributed by atoms with Crippen molar-refractivity contribution in [2.24, 2.45) is 0 Å². The van der Waals surface area contributed by atoms with Crippen molar-refractivity contribution in [2.45, 2.75) is 27.3 Å². The number of aryl methyl sites for hydroxylation is 2. The van der Waals surface area contributed by atoms with Crippen LogP contribution in [0.5, 0.6) is 5.75 Å². The Kier molecular flexibility index (Phi) is 6.68. The molecule has 2 aromatic rings. The van der Waals surface area contributed by atoms with Crippen LogP contribution < -0.4 is 9.64 Å². The highest BCUT2D eigenvalue weighted by Gasteiger charge is 2.29. The number of anilines is 1. The first kappa shape index (κ1) is 21.3. The zero-order valence-electron chi connectivity index (χ0n) is 16.1. The molecular weight excluding hydrogens is 390 g/mol. The molecule has 0 atom stereocenters.